The molecule has 1 heterocycles. The molecule has 1 aromatic heterocycles. The highest BCUT2D eigenvalue weighted by atomic mass is 19.1. The minimum atomic E-state index is -0.240. The van der Waals surface area contributed by atoms with E-state index in [0.29, 0.717) is 13.2 Å². The van der Waals surface area contributed by atoms with Crippen molar-refractivity contribution in [3.8, 4) is 5.75 Å². The first-order chi connectivity index (χ1) is 9.70. The Morgan fingerprint density at radius 2 is 2.25 bits per heavy atom. The fraction of sp³-hybridized carbons (Fsp3) is 0.400. The maximum atomic E-state index is 13.3. The van der Waals surface area contributed by atoms with Crippen molar-refractivity contribution in [1.82, 2.24) is 14.9 Å². The molecule has 0 aliphatic heterocycles. The molecule has 5 heteroatoms. The van der Waals surface area contributed by atoms with Gasteiger partial charge in [-0.05, 0) is 31.7 Å². The van der Waals surface area contributed by atoms with Crippen LogP contribution in [0.25, 0.3) is 0 Å². The second kappa shape index (κ2) is 7.05. The zero-order chi connectivity index (χ0) is 14.4. The van der Waals surface area contributed by atoms with Crippen molar-refractivity contribution in [3.05, 3.63) is 47.8 Å². The summed E-state index contributed by atoms with van der Waals surface area (Å²) in [7, 11) is 0. The molecular formula is C15H20FN3O. The summed E-state index contributed by atoms with van der Waals surface area (Å²) in [5.41, 5.74) is 0.842. The van der Waals surface area contributed by atoms with Crippen LogP contribution in [0.4, 0.5) is 4.39 Å². The minimum absolute atomic E-state index is 0.240. The van der Waals surface area contributed by atoms with Crippen LogP contribution in [0.15, 0.2) is 30.6 Å². The first-order valence-corrected chi connectivity index (χ1v) is 6.80. The van der Waals surface area contributed by atoms with Gasteiger partial charge >= 0.3 is 0 Å². The van der Waals surface area contributed by atoms with Crippen LogP contribution in [0.5, 0.6) is 5.75 Å². The second-order valence-electron chi connectivity index (χ2n) is 4.55. The van der Waals surface area contributed by atoms with E-state index in [1.807, 2.05) is 24.6 Å². The maximum absolute atomic E-state index is 13.3. The van der Waals surface area contributed by atoms with Crippen LogP contribution < -0.4 is 10.1 Å². The number of nitrogens with one attached hydrogen (secondary N) is 1. The smallest absolute Gasteiger partial charge is 0.124 e. The van der Waals surface area contributed by atoms with Crippen molar-refractivity contribution in [2.24, 2.45) is 0 Å². The third-order valence-electron chi connectivity index (χ3n) is 3.10. The lowest BCUT2D eigenvalue weighted by molar-refractivity contribution is 0.293. The first-order valence-electron chi connectivity index (χ1n) is 6.80. The molecule has 0 amide bonds. The SMILES string of the molecule is CCNCc1cc(F)ccc1OCCn1ccnc1C. The van der Waals surface area contributed by atoms with E-state index in [9.17, 15) is 4.39 Å². The zero-order valence-corrected chi connectivity index (χ0v) is 11.9. The Morgan fingerprint density at radius 3 is 2.95 bits per heavy atom. The summed E-state index contributed by atoms with van der Waals surface area (Å²) < 4.78 is 21.1. The van der Waals surface area contributed by atoms with Gasteiger partial charge in [-0.2, -0.15) is 0 Å². The Balaban J connectivity index is 1.96. The number of halogens is 1. The van der Waals surface area contributed by atoms with E-state index in [4.69, 9.17) is 4.74 Å². The molecule has 0 bridgehead atoms. The molecule has 4 nitrogen and oxygen atoms in total. The fourth-order valence-electron chi connectivity index (χ4n) is 1.98. The molecule has 2 aromatic rings. The van der Waals surface area contributed by atoms with E-state index in [-0.39, 0.29) is 5.82 Å². The van der Waals surface area contributed by atoms with E-state index in [1.165, 1.54) is 12.1 Å². The molecule has 0 aliphatic carbocycles. The van der Waals surface area contributed by atoms with Crippen LogP contribution in [0.3, 0.4) is 0 Å². The lowest BCUT2D eigenvalue weighted by atomic mass is 10.2. The minimum Gasteiger partial charge on any atom is -0.491 e. The maximum Gasteiger partial charge on any atom is 0.124 e. The Morgan fingerprint density at radius 1 is 1.40 bits per heavy atom. The molecule has 108 valence electrons. The molecular weight excluding hydrogens is 257 g/mol. The van der Waals surface area contributed by atoms with Crippen molar-refractivity contribution in [1.29, 1.82) is 0 Å². The van der Waals surface area contributed by atoms with Crippen LogP contribution in [-0.2, 0) is 13.1 Å². The summed E-state index contributed by atoms with van der Waals surface area (Å²) in [6.07, 6.45) is 3.69. The van der Waals surface area contributed by atoms with Gasteiger partial charge in [-0.3, -0.25) is 0 Å². The summed E-state index contributed by atoms with van der Waals surface area (Å²) in [6.45, 7) is 6.67. The van der Waals surface area contributed by atoms with Crippen LogP contribution in [0.2, 0.25) is 0 Å². The van der Waals surface area contributed by atoms with E-state index in [0.717, 1.165) is 30.2 Å². The van der Waals surface area contributed by atoms with Gasteiger partial charge in [-0.25, -0.2) is 9.37 Å². The van der Waals surface area contributed by atoms with Gasteiger partial charge in [0.15, 0.2) is 0 Å². The molecule has 0 saturated carbocycles. The van der Waals surface area contributed by atoms with Crippen molar-refractivity contribution in [2.75, 3.05) is 13.2 Å². The zero-order valence-electron chi connectivity index (χ0n) is 11.9. The monoisotopic (exact) mass is 277 g/mol. The number of rotatable bonds is 7. The average Bonchev–Trinajstić information content (AvgIpc) is 2.84. The van der Waals surface area contributed by atoms with Gasteiger partial charge in [-0.15, -0.1) is 0 Å². The highest BCUT2D eigenvalue weighted by Gasteiger charge is 2.05. The molecule has 1 N–H and O–H groups in total. The first kappa shape index (κ1) is 14.5. The summed E-state index contributed by atoms with van der Waals surface area (Å²) in [5.74, 6) is 1.45. The lowest BCUT2D eigenvalue weighted by Gasteiger charge is -2.13. The Labute approximate surface area is 118 Å². The Bertz CT molecular complexity index is 554. The summed E-state index contributed by atoms with van der Waals surface area (Å²) in [5, 5.41) is 3.18. The standard InChI is InChI=1S/C15H20FN3O/c1-3-17-11-13-10-14(16)4-5-15(13)20-9-8-19-7-6-18-12(19)2/h4-7,10,17H,3,8-9,11H2,1-2H3. The van der Waals surface area contributed by atoms with Gasteiger partial charge in [0, 0.05) is 24.5 Å². The van der Waals surface area contributed by atoms with Crippen molar-refractivity contribution in [3.63, 3.8) is 0 Å². The normalized spacial score (nSPS) is 10.8. The van der Waals surface area contributed by atoms with E-state index in [1.54, 1.807) is 12.3 Å². The number of ether oxygens (including phenoxy) is 1. The second-order valence-corrected chi connectivity index (χ2v) is 4.55. The third kappa shape index (κ3) is 3.81. The molecule has 0 atom stereocenters. The molecule has 20 heavy (non-hydrogen) atoms. The van der Waals surface area contributed by atoms with E-state index in [2.05, 4.69) is 10.3 Å². The fourth-order valence-corrected chi connectivity index (χ4v) is 1.98. The van der Waals surface area contributed by atoms with E-state index < -0.39 is 0 Å². The highest BCUT2D eigenvalue weighted by molar-refractivity contribution is 5.33. The predicted molar refractivity (Wildman–Crippen MR) is 76.2 cm³/mol. The molecule has 0 aliphatic rings. The quantitative estimate of drug-likeness (QED) is 0.845. The van der Waals surface area contributed by atoms with Crippen molar-refractivity contribution in [2.45, 2.75) is 26.9 Å². The molecule has 1 aromatic carbocycles. The topological polar surface area (TPSA) is 39.1 Å². The summed E-state index contributed by atoms with van der Waals surface area (Å²) >= 11 is 0. The van der Waals surface area contributed by atoms with Crippen LogP contribution in [0, 0.1) is 12.7 Å². The number of nitrogens with zero attached hydrogens (tertiary/aromatic N) is 2. The van der Waals surface area contributed by atoms with Gasteiger partial charge in [0.05, 0.1) is 6.54 Å². The molecule has 0 saturated heterocycles. The van der Waals surface area contributed by atoms with Crippen LogP contribution in [-0.4, -0.2) is 22.7 Å². The number of hydrogen-bond donors (Lipinski definition) is 1. The number of benzene rings is 1. The number of imidazole rings is 1. The largest absolute Gasteiger partial charge is 0.491 e. The Kier molecular flexibility index (Phi) is 5.12. The third-order valence-corrected chi connectivity index (χ3v) is 3.10. The number of aryl methyl sites for hydroxylation is 1. The number of hydrogen-bond acceptors (Lipinski definition) is 3. The molecule has 0 unspecified atom stereocenters. The molecule has 0 spiro atoms. The molecule has 0 radical (unpaired) electrons. The molecule has 2 rings (SSSR count). The van der Waals surface area contributed by atoms with Crippen LogP contribution in [0.1, 0.15) is 18.3 Å². The average molecular weight is 277 g/mol. The van der Waals surface area contributed by atoms with Gasteiger partial charge in [0.1, 0.15) is 24.0 Å². The van der Waals surface area contributed by atoms with Gasteiger partial charge in [-0.1, -0.05) is 6.92 Å². The Hall–Kier alpha value is -1.88. The molecule has 0 fully saturated rings. The van der Waals surface area contributed by atoms with Gasteiger partial charge < -0.3 is 14.6 Å². The van der Waals surface area contributed by atoms with Gasteiger partial charge in [0.2, 0.25) is 0 Å². The predicted octanol–water partition coefficient (Wildman–Crippen LogP) is 2.52. The summed E-state index contributed by atoms with van der Waals surface area (Å²) in [6, 6.07) is 4.62. The number of aromatic nitrogens is 2. The van der Waals surface area contributed by atoms with Crippen LogP contribution >= 0.6 is 0 Å². The van der Waals surface area contributed by atoms with E-state index >= 15 is 0 Å². The van der Waals surface area contributed by atoms with Crippen molar-refractivity contribution < 1.29 is 9.13 Å². The van der Waals surface area contributed by atoms with Crippen molar-refractivity contribution >= 4 is 0 Å². The summed E-state index contributed by atoms with van der Waals surface area (Å²) in [4.78, 5) is 4.16. The highest BCUT2D eigenvalue weighted by Crippen LogP contribution is 2.19. The van der Waals surface area contributed by atoms with Gasteiger partial charge in [0.25, 0.3) is 0 Å². The lowest BCUT2D eigenvalue weighted by Crippen LogP contribution is -2.14.